The van der Waals surface area contributed by atoms with E-state index < -0.39 is 0 Å². The maximum absolute atomic E-state index is 12.3. The van der Waals surface area contributed by atoms with Crippen LogP contribution in [-0.4, -0.2) is 22.3 Å². The van der Waals surface area contributed by atoms with Crippen LogP contribution in [0.1, 0.15) is 0 Å². The predicted octanol–water partition coefficient (Wildman–Crippen LogP) is 4.29. The highest BCUT2D eigenvalue weighted by Gasteiger charge is 2.16. The van der Waals surface area contributed by atoms with Crippen molar-refractivity contribution >= 4 is 43.2 Å². The molecule has 5 aromatic rings. The standard InChI is InChI=1S/C19H13N3O2S/c1-24-15-5-4-13-17(12-6-7-25-18(12)19(23)21-13)16(15)10-2-3-11-9-20-22-14(11)8-10/h2-9H,1H3,(H,20,22)(H,21,23). The number of fused-ring (bicyclic) bond motifs is 4. The van der Waals surface area contributed by atoms with Gasteiger partial charge in [0.1, 0.15) is 10.4 Å². The van der Waals surface area contributed by atoms with E-state index in [4.69, 9.17) is 4.74 Å². The van der Waals surface area contributed by atoms with Crippen molar-refractivity contribution in [1.82, 2.24) is 15.2 Å². The lowest BCUT2D eigenvalue weighted by Crippen LogP contribution is -2.05. The van der Waals surface area contributed by atoms with Crippen molar-refractivity contribution in [3.63, 3.8) is 0 Å². The molecule has 0 unspecified atom stereocenters. The number of ether oxygens (including phenoxy) is 1. The van der Waals surface area contributed by atoms with E-state index in [0.29, 0.717) is 0 Å². The lowest BCUT2D eigenvalue weighted by atomic mass is 9.96. The summed E-state index contributed by atoms with van der Waals surface area (Å²) in [6.07, 6.45) is 1.80. The zero-order valence-electron chi connectivity index (χ0n) is 13.3. The second-order valence-electron chi connectivity index (χ2n) is 5.85. The number of aromatic amines is 2. The summed E-state index contributed by atoms with van der Waals surface area (Å²) in [7, 11) is 1.66. The van der Waals surface area contributed by atoms with E-state index in [2.05, 4.69) is 27.3 Å². The highest BCUT2D eigenvalue weighted by atomic mass is 32.1. The van der Waals surface area contributed by atoms with Gasteiger partial charge in [0.25, 0.3) is 5.56 Å². The Morgan fingerprint density at radius 3 is 2.92 bits per heavy atom. The number of aromatic nitrogens is 3. The molecule has 3 heterocycles. The number of methoxy groups -OCH3 is 1. The van der Waals surface area contributed by atoms with E-state index in [1.165, 1.54) is 11.3 Å². The first-order chi connectivity index (χ1) is 12.3. The molecule has 122 valence electrons. The Bertz CT molecular complexity index is 1310. The van der Waals surface area contributed by atoms with E-state index in [0.717, 1.165) is 48.8 Å². The van der Waals surface area contributed by atoms with Gasteiger partial charge in [0, 0.05) is 27.2 Å². The van der Waals surface area contributed by atoms with Gasteiger partial charge in [-0.05, 0) is 35.2 Å². The second-order valence-corrected chi connectivity index (χ2v) is 6.77. The Kier molecular flexibility index (Phi) is 2.96. The minimum Gasteiger partial charge on any atom is -0.496 e. The van der Waals surface area contributed by atoms with E-state index in [9.17, 15) is 4.79 Å². The average Bonchev–Trinajstić information content (AvgIpc) is 3.29. The maximum Gasteiger partial charge on any atom is 0.266 e. The van der Waals surface area contributed by atoms with Gasteiger partial charge in [-0.3, -0.25) is 9.89 Å². The lowest BCUT2D eigenvalue weighted by molar-refractivity contribution is 0.417. The van der Waals surface area contributed by atoms with Crippen molar-refractivity contribution in [2.75, 3.05) is 7.11 Å². The molecule has 5 nitrogen and oxygen atoms in total. The summed E-state index contributed by atoms with van der Waals surface area (Å²) in [5.74, 6) is 0.769. The molecular weight excluding hydrogens is 334 g/mol. The van der Waals surface area contributed by atoms with Gasteiger partial charge in [-0.25, -0.2) is 0 Å². The molecule has 0 aliphatic rings. The largest absolute Gasteiger partial charge is 0.496 e. The van der Waals surface area contributed by atoms with Gasteiger partial charge >= 0.3 is 0 Å². The van der Waals surface area contributed by atoms with Crippen LogP contribution in [0.5, 0.6) is 5.75 Å². The zero-order valence-corrected chi connectivity index (χ0v) is 14.1. The molecule has 0 amide bonds. The van der Waals surface area contributed by atoms with Crippen LogP contribution in [0.2, 0.25) is 0 Å². The summed E-state index contributed by atoms with van der Waals surface area (Å²) in [6.45, 7) is 0. The number of rotatable bonds is 2. The van der Waals surface area contributed by atoms with Gasteiger partial charge in [0.05, 0.1) is 18.8 Å². The van der Waals surface area contributed by atoms with Crippen molar-refractivity contribution in [1.29, 1.82) is 0 Å². The minimum atomic E-state index is -0.0577. The van der Waals surface area contributed by atoms with Gasteiger partial charge in [-0.2, -0.15) is 5.10 Å². The van der Waals surface area contributed by atoms with Gasteiger partial charge in [0.2, 0.25) is 0 Å². The third-order valence-corrected chi connectivity index (χ3v) is 5.42. The summed E-state index contributed by atoms with van der Waals surface area (Å²) in [5, 5.41) is 12.0. The third kappa shape index (κ3) is 2.01. The number of H-pyrrole nitrogens is 2. The van der Waals surface area contributed by atoms with Crippen molar-refractivity contribution < 1.29 is 4.74 Å². The summed E-state index contributed by atoms with van der Waals surface area (Å²) in [6, 6.07) is 11.9. The SMILES string of the molecule is COc1ccc2[nH]c(=O)c3sccc3c2c1-c1ccc2cn[nH]c2c1. The molecule has 0 atom stereocenters. The van der Waals surface area contributed by atoms with Crippen molar-refractivity contribution in [3.05, 3.63) is 58.3 Å². The molecule has 25 heavy (non-hydrogen) atoms. The fraction of sp³-hybridized carbons (Fsp3) is 0.0526. The molecule has 0 aliphatic heterocycles. The minimum absolute atomic E-state index is 0.0577. The molecule has 0 spiro atoms. The quantitative estimate of drug-likeness (QED) is 0.500. The monoisotopic (exact) mass is 347 g/mol. The van der Waals surface area contributed by atoms with Crippen molar-refractivity contribution in [3.8, 4) is 16.9 Å². The molecule has 2 N–H and O–H groups in total. The van der Waals surface area contributed by atoms with E-state index in [-0.39, 0.29) is 5.56 Å². The van der Waals surface area contributed by atoms with Crippen LogP contribution in [0.3, 0.4) is 0 Å². The molecule has 0 saturated carbocycles. The first-order valence-electron chi connectivity index (χ1n) is 7.80. The Hall–Kier alpha value is -3.12. The zero-order chi connectivity index (χ0) is 17.0. The second kappa shape index (κ2) is 5.19. The molecular formula is C19H13N3O2S. The highest BCUT2D eigenvalue weighted by Crippen LogP contribution is 2.40. The Morgan fingerprint density at radius 2 is 2.04 bits per heavy atom. The summed E-state index contributed by atoms with van der Waals surface area (Å²) >= 11 is 1.45. The van der Waals surface area contributed by atoms with Gasteiger partial charge < -0.3 is 9.72 Å². The Morgan fingerprint density at radius 1 is 1.12 bits per heavy atom. The topological polar surface area (TPSA) is 70.8 Å². The summed E-state index contributed by atoms with van der Waals surface area (Å²) in [4.78, 5) is 15.3. The molecule has 6 heteroatoms. The highest BCUT2D eigenvalue weighted by molar-refractivity contribution is 7.17. The van der Waals surface area contributed by atoms with Crippen LogP contribution in [0.4, 0.5) is 0 Å². The number of nitrogens with zero attached hydrogens (tertiary/aromatic N) is 1. The number of thiophene rings is 1. The molecule has 3 aromatic heterocycles. The van der Waals surface area contributed by atoms with Crippen LogP contribution in [0.25, 0.3) is 43.0 Å². The number of nitrogens with one attached hydrogen (secondary N) is 2. The maximum atomic E-state index is 12.3. The van der Waals surface area contributed by atoms with Gasteiger partial charge in [-0.15, -0.1) is 11.3 Å². The number of benzene rings is 2. The third-order valence-electron chi connectivity index (χ3n) is 4.51. The van der Waals surface area contributed by atoms with Crippen molar-refractivity contribution in [2.24, 2.45) is 0 Å². The lowest BCUT2D eigenvalue weighted by Gasteiger charge is -2.13. The first-order valence-corrected chi connectivity index (χ1v) is 8.68. The molecule has 0 radical (unpaired) electrons. The number of hydrogen-bond donors (Lipinski definition) is 2. The number of pyridine rings is 1. The molecule has 0 aliphatic carbocycles. The van der Waals surface area contributed by atoms with Crippen LogP contribution in [-0.2, 0) is 0 Å². The summed E-state index contributed by atoms with van der Waals surface area (Å²) < 4.78 is 6.37. The molecule has 5 rings (SSSR count). The van der Waals surface area contributed by atoms with E-state index >= 15 is 0 Å². The molecule has 2 aromatic carbocycles. The summed E-state index contributed by atoms with van der Waals surface area (Å²) in [5.41, 5.74) is 3.69. The van der Waals surface area contributed by atoms with Gasteiger partial charge in [-0.1, -0.05) is 12.1 Å². The molecule has 0 bridgehead atoms. The van der Waals surface area contributed by atoms with Crippen LogP contribution in [0, 0.1) is 0 Å². The Balaban J connectivity index is 1.98. The smallest absolute Gasteiger partial charge is 0.266 e. The van der Waals surface area contributed by atoms with Crippen molar-refractivity contribution in [2.45, 2.75) is 0 Å². The van der Waals surface area contributed by atoms with Crippen LogP contribution < -0.4 is 10.3 Å². The normalized spacial score (nSPS) is 11.6. The fourth-order valence-corrected chi connectivity index (χ4v) is 4.17. The number of hydrogen-bond acceptors (Lipinski definition) is 4. The van der Waals surface area contributed by atoms with E-state index in [1.807, 2.05) is 29.6 Å². The Labute approximate surface area is 145 Å². The first kappa shape index (κ1) is 14.2. The van der Waals surface area contributed by atoms with Crippen LogP contribution >= 0.6 is 11.3 Å². The average molecular weight is 347 g/mol. The van der Waals surface area contributed by atoms with Gasteiger partial charge in [0.15, 0.2) is 0 Å². The fourth-order valence-electron chi connectivity index (χ4n) is 3.38. The molecule has 0 fully saturated rings. The van der Waals surface area contributed by atoms with Crippen LogP contribution in [0.15, 0.2) is 52.8 Å². The molecule has 0 saturated heterocycles. The van der Waals surface area contributed by atoms with E-state index in [1.54, 1.807) is 13.3 Å². The predicted molar refractivity (Wildman–Crippen MR) is 102 cm³/mol.